The van der Waals surface area contributed by atoms with Gasteiger partial charge in [0.05, 0.1) is 16.8 Å². The second-order valence-electron chi connectivity index (χ2n) is 5.95. The predicted octanol–water partition coefficient (Wildman–Crippen LogP) is 4.95. The molecular formula is C20H15ClN4O2. The number of aromatic nitrogens is 1. The third-order valence-corrected chi connectivity index (χ3v) is 4.48. The van der Waals surface area contributed by atoms with E-state index in [0.717, 1.165) is 16.5 Å². The molecule has 0 fully saturated rings. The van der Waals surface area contributed by atoms with Crippen LogP contribution >= 0.6 is 11.6 Å². The van der Waals surface area contributed by atoms with Crippen molar-refractivity contribution in [1.29, 1.82) is 0 Å². The Morgan fingerprint density at radius 1 is 1.00 bits per heavy atom. The van der Waals surface area contributed by atoms with Crippen LogP contribution in [-0.4, -0.2) is 11.2 Å². The molecule has 1 aromatic heterocycles. The number of nitrogen functional groups attached to an aromatic ring is 1. The van der Waals surface area contributed by atoms with Crippen LogP contribution in [0.3, 0.4) is 0 Å². The molecule has 7 heteroatoms. The number of nitrogens with zero attached hydrogens (tertiary/aromatic N) is 2. The minimum Gasteiger partial charge on any atom is -0.380 e. The zero-order valence-electron chi connectivity index (χ0n) is 14.1. The maximum atomic E-state index is 12.0. The minimum atomic E-state index is -0.601. The first-order chi connectivity index (χ1) is 13.0. The number of primary amides is 1. The molecule has 4 rings (SSSR count). The molecule has 0 aliphatic heterocycles. The second-order valence-corrected chi connectivity index (χ2v) is 6.38. The zero-order chi connectivity index (χ0) is 19.0. The van der Waals surface area contributed by atoms with Crippen molar-refractivity contribution < 1.29 is 9.32 Å². The molecule has 3 aromatic carbocycles. The van der Waals surface area contributed by atoms with E-state index in [2.05, 4.69) is 5.16 Å². The maximum absolute atomic E-state index is 12.0. The predicted molar refractivity (Wildman–Crippen MR) is 107 cm³/mol. The Kier molecular flexibility index (Phi) is 4.18. The summed E-state index contributed by atoms with van der Waals surface area (Å²) in [5.41, 5.74) is 15.2. The average molecular weight is 379 g/mol. The van der Waals surface area contributed by atoms with E-state index in [1.165, 1.54) is 4.90 Å². The molecule has 0 spiro atoms. The van der Waals surface area contributed by atoms with Crippen molar-refractivity contribution in [2.75, 3.05) is 10.6 Å². The molecule has 0 bridgehead atoms. The van der Waals surface area contributed by atoms with Gasteiger partial charge in [-0.3, -0.25) is 4.90 Å². The molecule has 0 saturated heterocycles. The van der Waals surface area contributed by atoms with Crippen LogP contribution in [0.5, 0.6) is 0 Å². The molecule has 6 nitrogen and oxygen atoms in total. The Bertz CT molecular complexity index is 1140. The molecule has 2 amide bonds. The Balaban J connectivity index is 1.76. The van der Waals surface area contributed by atoms with Crippen molar-refractivity contribution in [1.82, 2.24) is 5.16 Å². The van der Waals surface area contributed by atoms with Gasteiger partial charge in [-0.25, -0.2) is 4.79 Å². The van der Waals surface area contributed by atoms with Gasteiger partial charge in [-0.15, -0.1) is 0 Å². The van der Waals surface area contributed by atoms with Gasteiger partial charge in [0, 0.05) is 5.02 Å². The lowest BCUT2D eigenvalue weighted by Gasteiger charge is -2.21. The number of fused-ring (bicyclic) bond motifs is 1. The molecule has 4 N–H and O–H groups in total. The number of carbonyl (C=O) groups excluding carboxylic acids is 1. The van der Waals surface area contributed by atoms with Crippen LogP contribution in [0.15, 0.2) is 71.3 Å². The third-order valence-electron chi connectivity index (χ3n) is 4.25. The minimum absolute atomic E-state index is 0.336. The first-order valence-corrected chi connectivity index (χ1v) is 8.52. The summed E-state index contributed by atoms with van der Waals surface area (Å²) >= 11 is 6.04. The average Bonchev–Trinajstić information content (AvgIpc) is 3.04. The van der Waals surface area contributed by atoms with Crippen LogP contribution in [0.1, 0.15) is 0 Å². The van der Waals surface area contributed by atoms with E-state index < -0.39 is 6.03 Å². The topological polar surface area (TPSA) is 98.4 Å². The van der Waals surface area contributed by atoms with E-state index >= 15 is 0 Å². The summed E-state index contributed by atoms with van der Waals surface area (Å²) in [6.45, 7) is 0. The van der Waals surface area contributed by atoms with Crippen molar-refractivity contribution in [3.8, 4) is 11.1 Å². The number of carbonyl (C=O) groups is 1. The molecule has 1 heterocycles. The molecule has 27 heavy (non-hydrogen) atoms. The number of urea groups is 1. The highest BCUT2D eigenvalue weighted by Gasteiger charge is 2.16. The number of rotatable bonds is 3. The van der Waals surface area contributed by atoms with E-state index in [1.807, 2.05) is 42.5 Å². The molecule has 0 unspecified atom stereocenters. The van der Waals surface area contributed by atoms with E-state index in [0.29, 0.717) is 27.8 Å². The smallest absolute Gasteiger partial charge is 0.323 e. The number of amides is 2. The van der Waals surface area contributed by atoms with Crippen LogP contribution < -0.4 is 16.4 Å². The lowest BCUT2D eigenvalue weighted by molar-refractivity contribution is 0.256. The molecule has 0 radical (unpaired) electrons. The summed E-state index contributed by atoms with van der Waals surface area (Å²) in [4.78, 5) is 13.4. The number of benzene rings is 3. The van der Waals surface area contributed by atoms with Crippen LogP contribution in [0.25, 0.3) is 22.1 Å². The third kappa shape index (κ3) is 3.07. The molecule has 0 aliphatic carbocycles. The Morgan fingerprint density at radius 2 is 1.74 bits per heavy atom. The summed E-state index contributed by atoms with van der Waals surface area (Å²) in [5.74, 6) is 0.336. The van der Waals surface area contributed by atoms with Gasteiger partial charge in [0.1, 0.15) is 0 Å². The highest BCUT2D eigenvalue weighted by Crippen LogP contribution is 2.34. The van der Waals surface area contributed by atoms with Crippen LogP contribution in [0.2, 0.25) is 5.02 Å². The highest BCUT2D eigenvalue weighted by molar-refractivity contribution is 6.31. The quantitative estimate of drug-likeness (QED) is 0.527. The normalized spacial score (nSPS) is 10.9. The van der Waals surface area contributed by atoms with Crippen molar-refractivity contribution >= 4 is 45.8 Å². The van der Waals surface area contributed by atoms with Crippen molar-refractivity contribution in [3.63, 3.8) is 0 Å². The molecule has 4 aromatic rings. The number of nitrogens with two attached hydrogens (primary N) is 2. The summed E-state index contributed by atoms with van der Waals surface area (Å²) in [6, 6.07) is 19.4. The summed E-state index contributed by atoms with van der Waals surface area (Å²) in [5, 5.41) is 5.09. The van der Waals surface area contributed by atoms with Gasteiger partial charge >= 0.3 is 6.03 Å². The number of hydrogen-bond donors (Lipinski definition) is 2. The van der Waals surface area contributed by atoms with E-state index in [9.17, 15) is 4.79 Å². The van der Waals surface area contributed by atoms with Gasteiger partial charge in [-0.05, 0) is 47.5 Å². The molecular weight excluding hydrogens is 364 g/mol. The fourth-order valence-corrected chi connectivity index (χ4v) is 3.25. The first-order valence-electron chi connectivity index (χ1n) is 8.14. The van der Waals surface area contributed by atoms with Gasteiger partial charge in [0.25, 0.3) is 0 Å². The summed E-state index contributed by atoms with van der Waals surface area (Å²) in [7, 11) is 0. The van der Waals surface area contributed by atoms with Crippen LogP contribution in [-0.2, 0) is 0 Å². The van der Waals surface area contributed by atoms with Gasteiger partial charge < -0.3 is 16.0 Å². The first kappa shape index (κ1) is 16.9. The van der Waals surface area contributed by atoms with Crippen LogP contribution in [0.4, 0.5) is 22.0 Å². The van der Waals surface area contributed by atoms with E-state index in [1.54, 1.807) is 24.3 Å². The molecule has 0 atom stereocenters. The lowest BCUT2D eigenvalue weighted by atomic mass is 10.0. The van der Waals surface area contributed by atoms with Crippen LogP contribution in [0, 0.1) is 0 Å². The van der Waals surface area contributed by atoms with Gasteiger partial charge in [0.2, 0.25) is 0 Å². The van der Waals surface area contributed by atoms with Gasteiger partial charge in [0.15, 0.2) is 11.4 Å². The Hall–Kier alpha value is -3.51. The lowest BCUT2D eigenvalue weighted by Crippen LogP contribution is -2.31. The summed E-state index contributed by atoms with van der Waals surface area (Å²) < 4.78 is 5.22. The Morgan fingerprint density at radius 3 is 2.44 bits per heavy atom. The number of halogens is 1. The van der Waals surface area contributed by atoms with Crippen molar-refractivity contribution in [2.24, 2.45) is 5.73 Å². The molecule has 0 aliphatic rings. The highest BCUT2D eigenvalue weighted by atomic mass is 35.5. The fraction of sp³-hybridized carbons (Fsp3) is 0. The number of anilines is 3. The van der Waals surface area contributed by atoms with Gasteiger partial charge in [-0.2, -0.15) is 0 Å². The van der Waals surface area contributed by atoms with Gasteiger partial charge in [-0.1, -0.05) is 47.1 Å². The van der Waals surface area contributed by atoms with Crippen molar-refractivity contribution in [3.05, 3.63) is 71.8 Å². The SMILES string of the molecule is NC(=O)N(c1ccc(-c2cccc3onc(N)c23)cc1)c1cccc(Cl)c1. The molecule has 0 saturated carbocycles. The summed E-state index contributed by atoms with van der Waals surface area (Å²) in [6.07, 6.45) is 0. The van der Waals surface area contributed by atoms with Crippen molar-refractivity contribution in [2.45, 2.75) is 0 Å². The monoisotopic (exact) mass is 378 g/mol. The number of hydrogen-bond acceptors (Lipinski definition) is 4. The van der Waals surface area contributed by atoms with E-state index in [-0.39, 0.29) is 0 Å². The standard InChI is InChI=1S/C20H15ClN4O2/c21-13-3-1-4-15(11-13)25(20(23)26)14-9-7-12(8-10-14)16-5-2-6-17-18(16)19(22)24-27-17/h1-11H,(H2,22,24)(H2,23,26). The maximum Gasteiger partial charge on any atom is 0.323 e. The Labute approximate surface area is 159 Å². The van der Waals surface area contributed by atoms with E-state index in [4.69, 9.17) is 27.6 Å². The second kappa shape index (κ2) is 6.66. The molecule has 134 valence electrons. The largest absolute Gasteiger partial charge is 0.380 e. The fourth-order valence-electron chi connectivity index (χ4n) is 3.06. The zero-order valence-corrected chi connectivity index (χ0v) is 14.9.